The molecule has 2 aliphatic heterocycles. The van der Waals surface area contributed by atoms with Crippen molar-refractivity contribution in [3.63, 3.8) is 0 Å². The number of fused-ring (bicyclic) bond motifs is 1. The number of nitrogens with zero attached hydrogens (tertiary/aromatic N) is 2. The number of likely N-dealkylation sites (tertiary alicyclic amines) is 1. The molecule has 8 nitrogen and oxygen atoms in total. The van der Waals surface area contributed by atoms with Crippen molar-refractivity contribution in [2.45, 2.75) is 19.9 Å². The number of likely N-dealkylation sites (N-methyl/N-ethyl adjacent to an activating group) is 1. The van der Waals surface area contributed by atoms with Gasteiger partial charge >= 0.3 is 0 Å². The summed E-state index contributed by atoms with van der Waals surface area (Å²) in [6.07, 6.45) is 0. The van der Waals surface area contributed by atoms with Crippen LogP contribution in [-0.4, -0.2) is 71.1 Å². The third-order valence-electron chi connectivity index (χ3n) is 6.09. The predicted molar refractivity (Wildman–Crippen MR) is 122 cm³/mol. The summed E-state index contributed by atoms with van der Waals surface area (Å²) in [6, 6.07) is 10.5. The van der Waals surface area contributed by atoms with Gasteiger partial charge in [-0.05, 0) is 49.0 Å². The first-order chi connectivity index (χ1) is 15.9. The van der Waals surface area contributed by atoms with E-state index in [1.54, 1.807) is 30.3 Å². The van der Waals surface area contributed by atoms with Crippen LogP contribution in [0.1, 0.15) is 31.0 Å². The first-order valence-corrected chi connectivity index (χ1v) is 11.1. The van der Waals surface area contributed by atoms with Gasteiger partial charge in [0.1, 0.15) is 24.7 Å². The highest BCUT2D eigenvalue weighted by atomic mass is 16.6. The van der Waals surface area contributed by atoms with Gasteiger partial charge < -0.3 is 29.5 Å². The highest BCUT2D eigenvalue weighted by molar-refractivity contribution is 6.46. The average molecular weight is 453 g/mol. The zero-order chi connectivity index (χ0) is 23.5. The van der Waals surface area contributed by atoms with Crippen molar-refractivity contribution in [1.29, 1.82) is 0 Å². The molecule has 8 heteroatoms. The molecular weight excluding hydrogens is 424 g/mol. The molecule has 1 saturated heterocycles. The maximum absolute atomic E-state index is 13.1. The fraction of sp³-hybridized carbons (Fsp3) is 0.360. The van der Waals surface area contributed by atoms with Crippen LogP contribution < -0.4 is 9.47 Å². The van der Waals surface area contributed by atoms with Crippen molar-refractivity contribution in [3.05, 3.63) is 59.2 Å². The number of rotatable bonds is 7. The van der Waals surface area contributed by atoms with E-state index in [4.69, 9.17) is 9.47 Å². The van der Waals surface area contributed by atoms with Crippen LogP contribution in [0.25, 0.3) is 5.76 Å². The molecule has 0 bridgehead atoms. The Bertz CT molecular complexity index is 1090. The molecule has 2 aliphatic rings. The number of Topliss-reactive ketones (excluding diaryl/α,β-unsaturated/α-hetero) is 1. The van der Waals surface area contributed by atoms with E-state index in [2.05, 4.69) is 4.90 Å². The Balaban J connectivity index is 1.79. The first kappa shape index (κ1) is 22.7. The van der Waals surface area contributed by atoms with E-state index in [0.29, 0.717) is 48.9 Å². The Morgan fingerprint density at radius 2 is 1.79 bits per heavy atom. The van der Waals surface area contributed by atoms with Gasteiger partial charge in [-0.3, -0.25) is 9.59 Å². The lowest BCUT2D eigenvalue weighted by Crippen LogP contribution is -2.38. The molecule has 0 unspecified atom stereocenters. The van der Waals surface area contributed by atoms with Gasteiger partial charge in [0.2, 0.25) is 0 Å². The summed E-state index contributed by atoms with van der Waals surface area (Å²) in [7, 11) is 0. The lowest BCUT2D eigenvalue weighted by Gasteiger charge is -2.28. The minimum atomic E-state index is -0.819. The number of aromatic hydroxyl groups is 1. The Morgan fingerprint density at radius 3 is 2.48 bits per heavy atom. The van der Waals surface area contributed by atoms with Crippen LogP contribution in [0, 0.1) is 0 Å². The Labute approximate surface area is 192 Å². The third kappa shape index (κ3) is 4.39. The molecule has 2 heterocycles. The van der Waals surface area contributed by atoms with Gasteiger partial charge in [-0.2, -0.15) is 0 Å². The fourth-order valence-electron chi connectivity index (χ4n) is 4.29. The monoisotopic (exact) mass is 452 g/mol. The minimum Gasteiger partial charge on any atom is -0.508 e. The Hall–Kier alpha value is -3.52. The molecule has 0 aromatic heterocycles. The highest BCUT2D eigenvalue weighted by Gasteiger charge is 2.46. The SMILES string of the molecule is CCN(CC)CCN1C(=O)C(=O)C(=C(O)c2ccc3c(c2)OCCO3)[C@@H]1c1cccc(O)c1. The number of carbonyl (C=O) groups excluding carboxylic acids is 2. The number of hydrogen-bond acceptors (Lipinski definition) is 7. The van der Waals surface area contributed by atoms with Crippen LogP contribution in [0.15, 0.2) is 48.0 Å². The van der Waals surface area contributed by atoms with Gasteiger partial charge in [-0.1, -0.05) is 26.0 Å². The third-order valence-corrected chi connectivity index (χ3v) is 6.09. The molecule has 33 heavy (non-hydrogen) atoms. The number of ether oxygens (including phenoxy) is 2. The summed E-state index contributed by atoms with van der Waals surface area (Å²) in [5, 5.41) is 21.3. The van der Waals surface area contributed by atoms with Crippen molar-refractivity contribution in [2.75, 3.05) is 39.4 Å². The average Bonchev–Trinajstić information content (AvgIpc) is 3.09. The van der Waals surface area contributed by atoms with Gasteiger partial charge in [0.15, 0.2) is 11.5 Å². The van der Waals surface area contributed by atoms with E-state index < -0.39 is 17.7 Å². The van der Waals surface area contributed by atoms with Crippen LogP contribution in [0.3, 0.4) is 0 Å². The molecule has 0 saturated carbocycles. The minimum absolute atomic E-state index is 0.0122. The van der Waals surface area contributed by atoms with Crippen molar-refractivity contribution in [3.8, 4) is 17.2 Å². The Morgan fingerprint density at radius 1 is 1.06 bits per heavy atom. The number of amides is 1. The standard InChI is InChI=1S/C25H28N2O6/c1-3-26(4-2)10-11-27-22(16-6-5-7-18(28)14-16)21(24(30)25(27)31)23(29)17-8-9-19-20(15-17)33-13-12-32-19/h5-9,14-15,22,28-29H,3-4,10-13H2,1-2H3/t22-/m0/s1. The molecule has 2 aromatic rings. The molecule has 1 fully saturated rings. The molecule has 0 aliphatic carbocycles. The second-order valence-corrected chi connectivity index (χ2v) is 7.97. The topological polar surface area (TPSA) is 99.5 Å². The second-order valence-electron chi connectivity index (χ2n) is 7.97. The van der Waals surface area contributed by atoms with Crippen LogP contribution in [0.2, 0.25) is 0 Å². The number of phenolic OH excluding ortho intramolecular Hbond substituents is 1. The molecule has 1 amide bonds. The van der Waals surface area contributed by atoms with Gasteiger partial charge in [0, 0.05) is 18.7 Å². The van der Waals surface area contributed by atoms with Gasteiger partial charge in [0.25, 0.3) is 11.7 Å². The van der Waals surface area contributed by atoms with Crippen molar-refractivity contribution in [2.24, 2.45) is 0 Å². The summed E-state index contributed by atoms with van der Waals surface area (Å²) in [4.78, 5) is 29.8. The van der Waals surface area contributed by atoms with Gasteiger partial charge in [0.05, 0.1) is 11.6 Å². The predicted octanol–water partition coefficient (Wildman–Crippen LogP) is 2.93. The smallest absolute Gasteiger partial charge is 0.295 e. The first-order valence-electron chi connectivity index (χ1n) is 11.1. The number of aliphatic hydroxyl groups excluding tert-OH is 1. The summed E-state index contributed by atoms with van der Waals surface area (Å²) in [5.41, 5.74) is 0.890. The molecule has 174 valence electrons. The fourth-order valence-corrected chi connectivity index (χ4v) is 4.29. The van der Waals surface area contributed by atoms with E-state index in [1.165, 1.54) is 17.0 Å². The van der Waals surface area contributed by atoms with E-state index in [0.717, 1.165) is 13.1 Å². The van der Waals surface area contributed by atoms with E-state index in [9.17, 15) is 19.8 Å². The maximum Gasteiger partial charge on any atom is 0.295 e. The molecule has 2 aromatic carbocycles. The highest BCUT2D eigenvalue weighted by Crippen LogP contribution is 2.41. The molecule has 0 radical (unpaired) electrons. The molecule has 4 rings (SSSR count). The Kier molecular flexibility index (Phi) is 6.55. The van der Waals surface area contributed by atoms with Crippen LogP contribution in [0.5, 0.6) is 17.2 Å². The summed E-state index contributed by atoms with van der Waals surface area (Å²) >= 11 is 0. The van der Waals surface area contributed by atoms with Gasteiger partial charge in [-0.15, -0.1) is 0 Å². The molecular formula is C25H28N2O6. The zero-order valence-corrected chi connectivity index (χ0v) is 18.8. The molecule has 1 atom stereocenters. The molecule has 0 spiro atoms. The number of carbonyl (C=O) groups is 2. The summed E-state index contributed by atoms with van der Waals surface area (Å²) in [5.74, 6) is -0.674. The lowest BCUT2D eigenvalue weighted by molar-refractivity contribution is -0.140. The zero-order valence-electron chi connectivity index (χ0n) is 18.8. The van der Waals surface area contributed by atoms with E-state index >= 15 is 0 Å². The van der Waals surface area contributed by atoms with Crippen molar-refractivity contribution < 1.29 is 29.3 Å². The van der Waals surface area contributed by atoms with E-state index in [1.807, 2.05) is 13.8 Å². The number of aliphatic hydroxyl groups is 1. The van der Waals surface area contributed by atoms with Crippen LogP contribution in [-0.2, 0) is 9.59 Å². The largest absolute Gasteiger partial charge is 0.508 e. The number of benzene rings is 2. The lowest BCUT2D eigenvalue weighted by atomic mass is 9.95. The summed E-state index contributed by atoms with van der Waals surface area (Å²) in [6.45, 7) is 7.41. The summed E-state index contributed by atoms with van der Waals surface area (Å²) < 4.78 is 11.1. The van der Waals surface area contributed by atoms with E-state index in [-0.39, 0.29) is 17.1 Å². The second kappa shape index (κ2) is 9.54. The van der Waals surface area contributed by atoms with Crippen LogP contribution in [0.4, 0.5) is 0 Å². The molecule has 2 N–H and O–H groups in total. The maximum atomic E-state index is 13.1. The normalized spacial score (nSPS) is 19.4. The number of ketones is 1. The van der Waals surface area contributed by atoms with Gasteiger partial charge in [-0.25, -0.2) is 0 Å². The van der Waals surface area contributed by atoms with Crippen LogP contribution >= 0.6 is 0 Å². The quantitative estimate of drug-likeness (QED) is 0.379. The van der Waals surface area contributed by atoms with Crippen molar-refractivity contribution >= 4 is 17.4 Å². The van der Waals surface area contributed by atoms with Crippen molar-refractivity contribution in [1.82, 2.24) is 9.80 Å². The number of phenols is 1. The number of hydrogen-bond donors (Lipinski definition) is 2.